The van der Waals surface area contributed by atoms with Crippen LogP contribution in [-0.4, -0.2) is 11.5 Å². The van der Waals surface area contributed by atoms with Gasteiger partial charge in [0.05, 0.1) is 0 Å². The number of nitrogens with zero attached hydrogens (tertiary/aromatic N) is 1. The van der Waals surface area contributed by atoms with Crippen LogP contribution >= 0.6 is 12.4 Å². The maximum absolute atomic E-state index is 4.21. The molecule has 2 heterocycles. The second-order valence-electron chi connectivity index (χ2n) is 4.48. The summed E-state index contributed by atoms with van der Waals surface area (Å²) in [7, 11) is 0. The van der Waals surface area contributed by atoms with Crippen molar-refractivity contribution in [1.82, 2.24) is 10.3 Å². The van der Waals surface area contributed by atoms with E-state index in [9.17, 15) is 0 Å². The molecule has 1 atom stereocenters. The lowest BCUT2D eigenvalue weighted by atomic mass is 9.95. The molecule has 0 bridgehead atoms. The van der Waals surface area contributed by atoms with Crippen molar-refractivity contribution >= 4 is 12.4 Å². The van der Waals surface area contributed by atoms with Crippen LogP contribution in [0, 0.1) is 0 Å². The van der Waals surface area contributed by atoms with Gasteiger partial charge in [-0.25, -0.2) is 0 Å². The highest BCUT2D eigenvalue weighted by Gasteiger charge is 2.19. The Morgan fingerprint density at radius 1 is 1.11 bits per heavy atom. The average molecular weight is 261 g/mol. The molecule has 1 aromatic carbocycles. The van der Waals surface area contributed by atoms with E-state index in [2.05, 4.69) is 40.6 Å². The first-order chi connectivity index (χ1) is 8.45. The summed E-state index contributed by atoms with van der Waals surface area (Å²) in [4.78, 5) is 4.21. The van der Waals surface area contributed by atoms with Crippen molar-refractivity contribution in [1.29, 1.82) is 0 Å². The number of rotatable bonds is 2. The molecule has 0 unspecified atom stereocenters. The van der Waals surface area contributed by atoms with Gasteiger partial charge in [0.25, 0.3) is 0 Å². The molecular formula is C15H17ClN2. The van der Waals surface area contributed by atoms with E-state index in [1.807, 2.05) is 18.5 Å². The van der Waals surface area contributed by atoms with Crippen molar-refractivity contribution in [3.63, 3.8) is 0 Å². The quantitative estimate of drug-likeness (QED) is 0.893. The van der Waals surface area contributed by atoms with Crippen LogP contribution in [0.25, 0.3) is 11.1 Å². The van der Waals surface area contributed by atoms with Crippen molar-refractivity contribution in [2.75, 3.05) is 6.54 Å². The van der Waals surface area contributed by atoms with E-state index in [0.717, 1.165) is 6.54 Å². The van der Waals surface area contributed by atoms with Crippen molar-refractivity contribution in [3.05, 3.63) is 54.4 Å². The van der Waals surface area contributed by atoms with E-state index in [4.69, 9.17) is 0 Å². The highest BCUT2D eigenvalue weighted by atomic mass is 35.5. The maximum Gasteiger partial charge on any atom is 0.0346 e. The van der Waals surface area contributed by atoms with Crippen LogP contribution in [0.4, 0.5) is 0 Å². The molecule has 1 aliphatic rings. The minimum Gasteiger partial charge on any atom is -0.310 e. The minimum absolute atomic E-state index is 0. The molecule has 2 nitrogen and oxygen atoms in total. The van der Waals surface area contributed by atoms with Gasteiger partial charge in [0.2, 0.25) is 0 Å². The molecule has 1 saturated heterocycles. The lowest BCUT2D eigenvalue weighted by Crippen LogP contribution is -2.13. The van der Waals surface area contributed by atoms with Crippen molar-refractivity contribution < 1.29 is 0 Å². The van der Waals surface area contributed by atoms with Crippen LogP contribution < -0.4 is 5.32 Å². The molecule has 0 radical (unpaired) electrons. The lowest BCUT2D eigenvalue weighted by molar-refractivity contribution is 0.649. The second-order valence-corrected chi connectivity index (χ2v) is 4.48. The van der Waals surface area contributed by atoms with Gasteiger partial charge < -0.3 is 5.32 Å². The predicted octanol–water partition coefficient (Wildman–Crippen LogP) is 3.59. The van der Waals surface area contributed by atoms with E-state index < -0.39 is 0 Å². The van der Waals surface area contributed by atoms with E-state index in [1.165, 1.54) is 29.5 Å². The Hall–Kier alpha value is -1.38. The zero-order valence-electron chi connectivity index (χ0n) is 10.2. The topological polar surface area (TPSA) is 24.9 Å². The van der Waals surface area contributed by atoms with Gasteiger partial charge in [0.15, 0.2) is 0 Å². The highest BCUT2D eigenvalue weighted by molar-refractivity contribution is 5.85. The van der Waals surface area contributed by atoms with Gasteiger partial charge in [0, 0.05) is 24.0 Å². The molecule has 0 amide bonds. The molecule has 1 fully saturated rings. The van der Waals surface area contributed by atoms with Gasteiger partial charge in [-0.15, -0.1) is 12.4 Å². The molecule has 2 aromatic rings. The van der Waals surface area contributed by atoms with Crippen molar-refractivity contribution in [2.45, 2.75) is 18.9 Å². The summed E-state index contributed by atoms with van der Waals surface area (Å²) in [6, 6.07) is 13.3. The average Bonchev–Trinajstić information content (AvgIpc) is 2.94. The van der Waals surface area contributed by atoms with E-state index in [1.54, 1.807) is 0 Å². The fourth-order valence-electron chi connectivity index (χ4n) is 2.54. The Bertz CT molecular complexity index is 493. The fraction of sp³-hybridized carbons (Fsp3) is 0.267. The van der Waals surface area contributed by atoms with E-state index >= 15 is 0 Å². The molecule has 0 spiro atoms. The number of halogens is 1. The summed E-state index contributed by atoms with van der Waals surface area (Å²) >= 11 is 0. The van der Waals surface area contributed by atoms with Crippen LogP contribution in [0.2, 0.25) is 0 Å². The molecule has 0 aliphatic carbocycles. The number of pyridine rings is 1. The predicted molar refractivity (Wildman–Crippen MR) is 76.9 cm³/mol. The van der Waals surface area contributed by atoms with Crippen LogP contribution in [0.5, 0.6) is 0 Å². The maximum atomic E-state index is 4.21. The van der Waals surface area contributed by atoms with Gasteiger partial charge in [-0.3, -0.25) is 4.98 Å². The number of aromatic nitrogens is 1. The summed E-state index contributed by atoms with van der Waals surface area (Å²) in [5.41, 5.74) is 3.91. The van der Waals surface area contributed by atoms with Crippen LogP contribution in [0.3, 0.4) is 0 Å². The van der Waals surface area contributed by atoms with Crippen molar-refractivity contribution in [2.24, 2.45) is 0 Å². The van der Waals surface area contributed by atoms with Gasteiger partial charge >= 0.3 is 0 Å². The Kier molecular flexibility index (Phi) is 4.34. The SMILES string of the molecule is Cl.c1cncc(-c2ccccc2[C@@H]2CCCN2)c1. The molecule has 3 rings (SSSR count). The highest BCUT2D eigenvalue weighted by Crippen LogP contribution is 2.31. The molecule has 18 heavy (non-hydrogen) atoms. The third kappa shape index (κ3) is 2.55. The monoisotopic (exact) mass is 260 g/mol. The summed E-state index contributed by atoms with van der Waals surface area (Å²) in [6.45, 7) is 1.13. The summed E-state index contributed by atoms with van der Waals surface area (Å²) in [6.07, 6.45) is 6.26. The molecule has 1 aliphatic heterocycles. The summed E-state index contributed by atoms with van der Waals surface area (Å²) < 4.78 is 0. The first-order valence-electron chi connectivity index (χ1n) is 6.18. The summed E-state index contributed by atoms with van der Waals surface area (Å²) in [5.74, 6) is 0. The zero-order valence-corrected chi connectivity index (χ0v) is 11.0. The molecule has 94 valence electrons. The Morgan fingerprint density at radius 2 is 2.00 bits per heavy atom. The minimum atomic E-state index is 0. The van der Waals surface area contributed by atoms with E-state index in [-0.39, 0.29) is 12.4 Å². The second kappa shape index (κ2) is 5.98. The Morgan fingerprint density at radius 3 is 2.72 bits per heavy atom. The standard InChI is InChI=1S/C15H16N2.ClH/c1-2-7-14(15-8-4-10-17-15)13(6-1)12-5-3-9-16-11-12;/h1-3,5-7,9,11,15,17H,4,8,10H2;1H/t15-;/m0./s1. The van der Waals surface area contributed by atoms with E-state index in [0.29, 0.717) is 6.04 Å². The number of hydrogen-bond donors (Lipinski definition) is 1. The molecule has 3 heteroatoms. The van der Waals surface area contributed by atoms with Gasteiger partial charge in [-0.2, -0.15) is 0 Å². The van der Waals surface area contributed by atoms with Gasteiger partial charge in [0.1, 0.15) is 0 Å². The van der Waals surface area contributed by atoms with Crippen LogP contribution in [0.15, 0.2) is 48.8 Å². The fourth-order valence-corrected chi connectivity index (χ4v) is 2.54. The largest absolute Gasteiger partial charge is 0.310 e. The third-order valence-corrected chi connectivity index (χ3v) is 3.37. The number of hydrogen-bond acceptors (Lipinski definition) is 2. The van der Waals surface area contributed by atoms with Crippen molar-refractivity contribution in [3.8, 4) is 11.1 Å². The lowest BCUT2D eigenvalue weighted by Gasteiger charge is -2.15. The van der Waals surface area contributed by atoms with Crippen LogP contribution in [0.1, 0.15) is 24.4 Å². The molecular weight excluding hydrogens is 244 g/mol. The Balaban J connectivity index is 0.00000120. The number of nitrogens with one attached hydrogen (secondary N) is 1. The molecule has 1 aromatic heterocycles. The summed E-state index contributed by atoms with van der Waals surface area (Å²) in [5, 5.41) is 3.56. The first-order valence-corrected chi connectivity index (χ1v) is 6.18. The smallest absolute Gasteiger partial charge is 0.0346 e. The third-order valence-electron chi connectivity index (χ3n) is 3.37. The first kappa shape index (κ1) is 13.1. The normalized spacial score (nSPS) is 18.3. The van der Waals surface area contributed by atoms with Gasteiger partial charge in [-0.1, -0.05) is 30.3 Å². The number of benzene rings is 1. The Labute approximate surface area is 114 Å². The molecule has 1 N–H and O–H groups in total. The molecule has 0 saturated carbocycles. The van der Waals surface area contributed by atoms with Crippen LogP contribution in [-0.2, 0) is 0 Å². The van der Waals surface area contributed by atoms with Gasteiger partial charge in [-0.05, 0) is 36.6 Å². The zero-order chi connectivity index (χ0) is 11.5.